The van der Waals surface area contributed by atoms with E-state index in [1.165, 1.54) is 13.1 Å². The van der Waals surface area contributed by atoms with Crippen molar-refractivity contribution in [2.45, 2.75) is 25.0 Å². The van der Waals surface area contributed by atoms with E-state index in [0.29, 0.717) is 29.7 Å². The highest BCUT2D eigenvalue weighted by Gasteiger charge is 2.37. The Hall–Kier alpha value is -2.81. The standard InChI is InChI=1S/C16H15N5O3S/c1-10(22)19-16-7-11(4-5-17-16)12-6-14-15(18-8-12)9-21(20-14)25(23,24)13-2-3-13/h4-9,13H,2-3H2,1H3,(H,17,19,22). The van der Waals surface area contributed by atoms with E-state index < -0.39 is 10.0 Å². The van der Waals surface area contributed by atoms with Gasteiger partial charge in [-0.2, -0.15) is 9.19 Å². The Labute approximate surface area is 144 Å². The van der Waals surface area contributed by atoms with Gasteiger partial charge in [0.15, 0.2) is 0 Å². The minimum Gasteiger partial charge on any atom is -0.311 e. The number of fused-ring (bicyclic) bond motifs is 1. The summed E-state index contributed by atoms with van der Waals surface area (Å²) in [6.45, 7) is 1.41. The summed E-state index contributed by atoms with van der Waals surface area (Å²) in [6.07, 6.45) is 6.04. The van der Waals surface area contributed by atoms with Gasteiger partial charge in [0.25, 0.3) is 10.0 Å². The van der Waals surface area contributed by atoms with Crippen molar-refractivity contribution in [2.24, 2.45) is 0 Å². The molecule has 0 aromatic carbocycles. The molecule has 1 aliphatic rings. The zero-order valence-electron chi connectivity index (χ0n) is 13.4. The maximum atomic E-state index is 12.3. The first-order chi connectivity index (χ1) is 11.9. The van der Waals surface area contributed by atoms with Gasteiger partial charge in [0.05, 0.1) is 11.4 Å². The van der Waals surface area contributed by atoms with Gasteiger partial charge in [0.1, 0.15) is 16.9 Å². The van der Waals surface area contributed by atoms with Crippen LogP contribution in [-0.4, -0.2) is 38.7 Å². The van der Waals surface area contributed by atoms with Gasteiger partial charge in [-0.05, 0) is 36.6 Å². The summed E-state index contributed by atoms with van der Waals surface area (Å²) < 4.78 is 25.6. The summed E-state index contributed by atoms with van der Waals surface area (Å²) in [7, 11) is -3.42. The Morgan fingerprint density at radius 3 is 2.72 bits per heavy atom. The SMILES string of the molecule is CC(=O)Nc1cc(-c2cnc3cn(S(=O)(=O)C4CC4)nc3c2)ccn1. The number of aromatic nitrogens is 4. The number of rotatable bonds is 4. The number of hydrogen-bond donors (Lipinski definition) is 1. The Kier molecular flexibility index (Phi) is 3.53. The van der Waals surface area contributed by atoms with Crippen LogP contribution in [0.1, 0.15) is 19.8 Å². The number of carbonyl (C=O) groups is 1. The molecule has 0 radical (unpaired) electrons. The monoisotopic (exact) mass is 357 g/mol. The van der Waals surface area contributed by atoms with E-state index in [1.54, 1.807) is 30.6 Å². The van der Waals surface area contributed by atoms with E-state index in [2.05, 4.69) is 20.4 Å². The van der Waals surface area contributed by atoms with E-state index in [4.69, 9.17) is 0 Å². The summed E-state index contributed by atoms with van der Waals surface area (Å²) in [5.41, 5.74) is 2.58. The first kappa shape index (κ1) is 15.7. The van der Waals surface area contributed by atoms with Gasteiger partial charge >= 0.3 is 0 Å². The van der Waals surface area contributed by atoms with E-state index in [-0.39, 0.29) is 11.2 Å². The molecule has 9 heteroatoms. The highest BCUT2D eigenvalue weighted by molar-refractivity contribution is 7.90. The Balaban J connectivity index is 1.73. The van der Waals surface area contributed by atoms with Crippen LogP contribution in [0.4, 0.5) is 5.82 Å². The van der Waals surface area contributed by atoms with Crippen LogP contribution < -0.4 is 5.32 Å². The molecular weight excluding hydrogens is 342 g/mol. The first-order valence-corrected chi connectivity index (χ1v) is 9.27. The second kappa shape index (κ2) is 5.62. The molecule has 25 heavy (non-hydrogen) atoms. The van der Waals surface area contributed by atoms with Crippen LogP contribution >= 0.6 is 0 Å². The van der Waals surface area contributed by atoms with Crippen LogP contribution in [0.2, 0.25) is 0 Å². The second-order valence-electron chi connectivity index (χ2n) is 5.99. The van der Waals surface area contributed by atoms with Crippen LogP contribution in [0, 0.1) is 0 Å². The molecule has 1 aliphatic carbocycles. The number of pyridine rings is 2. The number of nitrogens with zero attached hydrogens (tertiary/aromatic N) is 4. The molecule has 3 heterocycles. The maximum absolute atomic E-state index is 12.3. The largest absolute Gasteiger partial charge is 0.311 e. The number of hydrogen-bond acceptors (Lipinski definition) is 6. The van der Waals surface area contributed by atoms with Crippen molar-refractivity contribution < 1.29 is 13.2 Å². The van der Waals surface area contributed by atoms with Crippen LogP contribution in [0.3, 0.4) is 0 Å². The smallest absolute Gasteiger partial charge is 0.256 e. The molecule has 1 fully saturated rings. The average Bonchev–Trinajstić information content (AvgIpc) is 3.34. The normalized spacial score (nSPS) is 14.6. The van der Waals surface area contributed by atoms with Crippen molar-refractivity contribution in [2.75, 3.05) is 5.32 Å². The summed E-state index contributed by atoms with van der Waals surface area (Å²) in [5, 5.41) is 6.48. The summed E-state index contributed by atoms with van der Waals surface area (Å²) in [4.78, 5) is 19.5. The highest BCUT2D eigenvalue weighted by atomic mass is 32.2. The molecule has 4 rings (SSSR count). The molecule has 3 aromatic heterocycles. The lowest BCUT2D eigenvalue weighted by atomic mass is 10.1. The van der Waals surface area contributed by atoms with E-state index >= 15 is 0 Å². The van der Waals surface area contributed by atoms with Crippen molar-refractivity contribution >= 4 is 32.8 Å². The van der Waals surface area contributed by atoms with Crippen LogP contribution in [0.25, 0.3) is 22.2 Å². The summed E-state index contributed by atoms with van der Waals surface area (Å²) in [6, 6.07) is 5.28. The molecule has 3 aromatic rings. The maximum Gasteiger partial charge on any atom is 0.256 e. The van der Waals surface area contributed by atoms with Gasteiger partial charge in [-0.3, -0.25) is 9.78 Å². The van der Waals surface area contributed by atoms with Crippen LogP contribution in [-0.2, 0) is 14.8 Å². The first-order valence-electron chi connectivity index (χ1n) is 7.77. The molecule has 1 saturated carbocycles. The third kappa shape index (κ3) is 2.98. The van der Waals surface area contributed by atoms with Crippen LogP contribution in [0.5, 0.6) is 0 Å². The zero-order chi connectivity index (χ0) is 17.6. The lowest BCUT2D eigenvalue weighted by Gasteiger charge is -2.04. The second-order valence-corrected chi connectivity index (χ2v) is 8.06. The van der Waals surface area contributed by atoms with Crippen molar-refractivity contribution in [3.63, 3.8) is 0 Å². The van der Waals surface area contributed by atoms with Crippen LogP contribution in [0.15, 0.2) is 36.8 Å². The van der Waals surface area contributed by atoms with Gasteiger partial charge in [-0.15, -0.1) is 0 Å². The lowest BCUT2D eigenvalue weighted by molar-refractivity contribution is -0.114. The minimum atomic E-state index is -3.42. The number of anilines is 1. The third-order valence-corrected chi connectivity index (χ3v) is 5.96. The Morgan fingerprint density at radius 2 is 2.00 bits per heavy atom. The van der Waals surface area contributed by atoms with Gasteiger partial charge in [0, 0.05) is 24.9 Å². The molecular formula is C16H15N5O3S. The Morgan fingerprint density at radius 1 is 1.20 bits per heavy atom. The molecule has 0 spiro atoms. The van der Waals surface area contributed by atoms with E-state index in [1.807, 2.05) is 0 Å². The topological polar surface area (TPSA) is 107 Å². The fourth-order valence-electron chi connectivity index (χ4n) is 2.55. The van der Waals surface area contributed by atoms with Crippen molar-refractivity contribution in [1.82, 2.24) is 19.2 Å². The third-order valence-electron chi connectivity index (χ3n) is 3.94. The van der Waals surface area contributed by atoms with E-state index in [9.17, 15) is 13.2 Å². The average molecular weight is 357 g/mol. The summed E-state index contributed by atoms with van der Waals surface area (Å²) >= 11 is 0. The molecule has 0 atom stereocenters. The number of amides is 1. The predicted octanol–water partition coefficient (Wildman–Crippen LogP) is 1.79. The van der Waals surface area contributed by atoms with Gasteiger partial charge < -0.3 is 5.32 Å². The molecule has 1 N–H and O–H groups in total. The van der Waals surface area contributed by atoms with E-state index in [0.717, 1.165) is 15.2 Å². The van der Waals surface area contributed by atoms with Gasteiger partial charge in [0.2, 0.25) is 5.91 Å². The molecule has 1 amide bonds. The van der Waals surface area contributed by atoms with Crippen molar-refractivity contribution in [1.29, 1.82) is 0 Å². The minimum absolute atomic E-state index is 0.206. The molecule has 128 valence electrons. The van der Waals surface area contributed by atoms with Crippen molar-refractivity contribution in [3.05, 3.63) is 36.8 Å². The quantitative estimate of drug-likeness (QED) is 0.763. The zero-order valence-corrected chi connectivity index (χ0v) is 14.2. The van der Waals surface area contributed by atoms with Gasteiger partial charge in [-0.1, -0.05) is 0 Å². The number of nitrogens with one attached hydrogen (secondary N) is 1. The molecule has 0 aliphatic heterocycles. The fourth-order valence-corrected chi connectivity index (χ4v) is 4.03. The Bertz CT molecular complexity index is 1090. The predicted molar refractivity (Wildman–Crippen MR) is 92.4 cm³/mol. The lowest BCUT2D eigenvalue weighted by Crippen LogP contribution is -2.17. The molecule has 8 nitrogen and oxygen atoms in total. The molecule has 0 saturated heterocycles. The molecule has 0 unspecified atom stereocenters. The molecule has 0 bridgehead atoms. The fraction of sp³-hybridized carbons (Fsp3) is 0.250. The van der Waals surface area contributed by atoms with Crippen molar-refractivity contribution in [3.8, 4) is 11.1 Å². The number of carbonyl (C=O) groups excluding carboxylic acids is 1. The highest BCUT2D eigenvalue weighted by Crippen LogP contribution is 2.30. The van der Waals surface area contributed by atoms with Gasteiger partial charge in [-0.25, -0.2) is 13.4 Å². The summed E-state index contributed by atoms with van der Waals surface area (Å²) in [5.74, 6) is 0.231.